The van der Waals surface area contributed by atoms with Crippen molar-refractivity contribution in [3.8, 4) is 0 Å². The molecule has 2 heterocycles. The van der Waals surface area contributed by atoms with Crippen molar-refractivity contribution < 1.29 is 9.63 Å². The number of piperidine rings is 1. The van der Waals surface area contributed by atoms with Crippen LogP contribution in [-0.4, -0.2) is 48.0 Å². The summed E-state index contributed by atoms with van der Waals surface area (Å²) in [5.74, 6) is 0.197. The van der Waals surface area contributed by atoms with Gasteiger partial charge in [-0.1, -0.05) is 30.3 Å². The Morgan fingerprint density at radius 1 is 1.29 bits per heavy atom. The summed E-state index contributed by atoms with van der Waals surface area (Å²) < 4.78 is 0. The molecule has 3 aliphatic rings. The Morgan fingerprint density at radius 3 is 2.75 bits per heavy atom. The number of fused-ring (bicyclic) bond motifs is 2. The van der Waals surface area contributed by atoms with Crippen LogP contribution in [0.25, 0.3) is 0 Å². The number of hydroxylamine groups is 1. The van der Waals surface area contributed by atoms with E-state index in [1.165, 1.54) is 23.2 Å². The van der Waals surface area contributed by atoms with E-state index in [0.29, 0.717) is 12.6 Å². The minimum absolute atomic E-state index is 0.128. The molecule has 5 heteroatoms. The molecule has 1 amide bonds. The van der Waals surface area contributed by atoms with E-state index in [2.05, 4.69) is 40.7 Å². The van der Waals surface area contributed by atoms with Gasteiger partial charge in [-0.05, 0) is 63.2 Å². The number of hydrogen-bond donors (Lipinski definition) is 1. The van der Waals surface area contributed by atoms with Crippen LogP contribution >= 0.6 is 0 Å². The van der Waals surface area contributed by atoms with Crippen LogP contribution in [0.3, 0.4) is 0 Å². The number of carbonyl (C=O) groups is 1. The molecule has 4 rings (SSSR count). The molecule has 1 aromatic carbocycles. The molecule has 0 radical (unpaired) electrons. The molecule has 2 aliphatic heterocycles. The van der Waals surface area contributed by atoms with Crippen LogP contribution in [0.2, 0.25) is 0 Å². The Labute approximate surface area is 168 Å². The molecule has 1 saturated heterocycles. The minimum Gasteiger partial charge on any atom is -0.338 e. The third kappa shape index (κ3) is 3.83. The summed E-state index contributed by atoms with van der Waals surface area (Å²) in [7, 11) is 0. The molecular formula is C23H33N3O2. The van der Waals surface area contributed by atoms with Crippen molar-refractivity contribution in [2.45, 2.75) is 64.0 Å². The fourth-order valence-electron chi connectivity index (χ4n) is 5.26. The fourth-order valence-corrected chi connectivity index (χ4v) is 5.26. The van der Waals surface area contributed by atoms with Crippen molar-refractivity contribution in [2.24, 2.45) is 0 Å². The zero-order valence-electron chi connectivity index (χ0n) is 17.2. The molecule has 1 N–H and O–H groups in total. The average Bonchev–Trinajstić information content (AvgIpc) is 2.73. The number of allylic oxidation sites excluding steroid dienone is 1. The van der Waals surface area contributed by atoms with Crippen LogP contribution in [0, 0.1) is 0 Å². The van der Waals surface area contributed by atoms with Crippen LogP contribution in [0.5, 0.6) is 0 Å². The summed E-state index contributed by atoms with van der Waals surface area (Å²) in [6.07, 6.45) is 7.93. The lowest BCUT2D eigenvalue weighted by Crippen LogP contribution is -2.54. The Hall–Kier alpha value is -1.85. The van der Waals surface area contributed by atoms with E-state index in [0.717, 1.165) is 51.9 Å². The molecular weight excluding hydrogens is 350 g/mol. The molecule has 152 valence electrons. The molecule has 1 aliphatic carbocycles. The number of carbonyl (C=O) groups excluding carboxylic acids is 1. The van der Waals surface area contributed by atoms with Gasteiger partial charge in [-0.25, -0.2) is 0 Å². The summed E-state index contributed by atoms with van der Waals surface area (Å²) in [4.78, 5) is 22.2. The van der Waals surface area contributed by atoms with Crippen molar-refractivity contribution in [3.63, 3.8) is 0 Å². The number of amides is 1. The van der Waals surface area contributed by atoms with Gasteiger partial charge >= 0.3 is 0 Å². The van der Waals surface area contributed by atoms with Crippen molar-refractivity contribution in [1.29, 1.82) is 0 Å². The van der Waals surface area contributed by atoms with E-state index < -0.39 is 0 Å². The monoisotopic (exact) mass is 383 g/mol. The highest BCUT2D eigenvalue weighted by Crippen LogP contribution is 2.42. The minimum atomic E-state index is 0.128. The number of nitrogens with one attached hydrogen (secondary N) is 1. The fraction of sp³-hybridized carbons (Fsp3) is 0.609. The smallest absolute Gasteiger partial charge is 0.219 e. The first-order chi connectivity index (χ1) is 13.6. The first-order valence-electron chi connectivity index (χ1n) is 10.8. The maximum absolute atomic E-state index is 12.1. The number of rotatable bonds is 4. The van der Waals surface area contributed by atoms with Crippen molar-refractivity contribution in [1.82, 2.24) is 15.3 Å². The van der Waals surface area contributed by atoms with Gasteiger partial charge < -0.3 is 4.90 Å². The zero-order chi connectivity index (χ0) is 19.6. The summed E-state index contributed by atoms with van der Waals surface area (Å²) in [5.41, 5.74) is 7.25. The molecule has 28 heavy (non-hydrogen) atoms. The summed E-state index contributed by atoms with van der Waals surface area (Å²) >= 11 is 0. The second-order valence-electron chi connectivity index (χ2n) is 8.54. The lowest BCUT2D eigenvalue weighted by molar-refractivity contribution is -0.131. The summed E-state index contributed by atoms with van der Waals surface area (Å²) in [6.45, 7) is 8.27. The maximum atomic E-state index is 12.1. The van der Waals surface area contributed by atoms with Crippen molar-refractivity contribution in [3.05, 3.63) is 47.2 Å². The second kappa shape index (κ2) is 8.26. The van der Waals surface area contributed by atoms with E-state index in [-0.39, 0.29) is 11.3 Å². The van der Waals surface area contributed by atoms with Gasteiger partial charge in [0, 0.05) is 37.2 Å². The average molecular weight is 384 g/mol. The van der Waals surface area contributed by atoms with Crippen molar-refractivity contribution in [2.75, 3.05) is 26.2 Å². The molecule has 5 nitrogen and oxygen atoms in total. The van der Waals surface area contributed by atoms with Crippen molar-refractivity contribution >= 4 is 5.91 Å². The molecule has 1 aromatic rings. The number of hydrogen-bond acceptors (Lipinski definition) is 4. The SMILES string of the molecule is CCONC1=CCC(N2CCC3(CC2)CN(C(C)=O)Cc2ccccc23)CC1. The lowest BCUT2D eigenvalue weighted by atomic mass is 9.68. The second-order valence-corrected chi connectivity index (χ2v) is 8.54. The van der Waals surface area contributed by atoms with Crippen LogP contribution < -0.4 is 5.48 Å². The largest absolute Gasteiger partial charge is 0.338 e. The summed E-state index contributed by atoms with van der Waals surface area (Å²) in [6, 6.07) is 9.41. The molecule has 1 unspecified atom stereocenters. The van der Waals surface area contributed by atoms with Gasteiger partial charge in [0.15, 0.2) is 0 Å². The molecule has 1 fully saturated rings. The van der Waals surface area contributed by atoms with E-state index in [9.17, 15) is 4.79 Å². The zero-order valence-corrected chi connectivity index (χ0v) is 17.2. The Balaban J connectivity index is 1.43. The van der Waals surface area contributed by atoms with E-state index in [1.807, 2.05) is 11.8 Å². The lowest BCUT2D eigenvalue weighted by Gasteiger charge is -2.50. The topological polar surface area (TPSA) is 44.8 Å². The van der Waals surface area contributed by atoms with E-state index in [4.69, 9.17) is 4.84 Å². The van der Waals surface area contributed by atoms with Gasteiger partial charge in [0.25, 0.3) is 0 Å². The standard InChI is InChI=1S/C23H33N3O2/c1-3-28-24-20-8-10-21(11-9-20)25-14-12-23(13-15-25)17-26(18(2)27)16-19-6-4-5-7-22(19)23/h4-8,21,24H,3,9-17H2,1-2H3. The highest BCUT2D eigenvalue weighted by Gasteiger charge is 2.43. The third-order valence-electron chi connectivity index (χ3n) is 6.89. The molecule has 0 bridgehead atoms. The van der Waals surface area contributed by atoms with Gasteiger partial charge in [-0.15, -0.1) is 0 Å². The molecule has 0 saturated carbocycles. The first-order valence-corrected chi connectivity index (χ1v) is 10.8. The summed E-state index contributed by atoms with van der Waals surface area (Å²) in [5, 5.41) is 0. The van der Waals surface area contributed by atoms with Gasteiger partial charge in [0.05, 0.1) is 6.61 Å². The van der Waals surface area contributed by atoms with E-state index in [1.54, 1.807) is 6.92 Å². The van der Waals surface area contributed by atoms with Gasteiger partial charge in [-0.2, -0.15) is 0 Å². The normalized spacial score (nSPS) is 24.6. The Bertz CT molecular complexity index is 737. The maximum Gasteiger partial charge on any atom is 0.219 e. The Kier molecular flexibility index (Phi) is 5.74. The third-order valence-corrected chi connectivity index (χ3v) is 6.89. The van der Waals surface area contributed by atoms with Crippen LogP contribution in [0.1, 0.15) is 57.1 Å². The number of likely N-dealkylation sites (tertiary alicyclic amines) is 1. The Morgan fingerprint density at radius 2 is 2.07 bits per heavy atom. The predicted molar refractivity (Wildman–Crippen MR) is 111 cm³/mol. The van der Waals surface area contributed by atoms with Gasteiger partial charge in [-0.3, -0.25) is 20.0 Å². The van der Waals surface area contributed by atoms with Crippen LogP contribution in [0.4, 0.5) is 0 Å². The highest BCUT2D eigenvalue weighted by atomic mass is 16.6. The molecule has 1 atom stereocenters. The molecule has 0 aromatic heterocycles. The first kappa shape index (κ1) is 19.5. The van der Waals surface area contributed by atoms with Gasteiger partial charge in [0.2, 0.25) is 5.91 Å². The highest BCUT2D eigenvalue weighted by molar-refractivity contribution is 5.74. The predicted octanol–water partition coefficient (Wildman–Crippen LogP) is 3.36. The quantitative estimate of drug-likeness (QED) is 0.810. The van der Waals surface area contributed by atoms with Crippen LogP contribution in [-0.2, 0) is 21.6 Å². The number of benzene rings is 1. The van der Waals surface area contributed by atoms with E-state index >= 15 is 0 Å². The van der Waals surface area contributed by atoms with Crippen LogP contribution in [0.15, 0.2) is 36.0 Å². The number of nitrogens with zero attached hydrogens (tertiary/aromatic N) is 2. The van der Waals surface area contributed by atoms with Gasteiger partial charge in [0.1, 0.15) is 0 Å². The molecule has 1 spiro atoms.